The van der Waals surface area contributed by atoms with E-state index in [-0.39, 0.29) is 11.2 Å². The van der Waals surface area contributed by atoms with E-state index < -0.39 is 11.9 Å². The molecular formula is C22H26O5. The van der Waals surface area contributed by atoms with Crippen LogP contribution in [0.5, 0.6) is 11.5 Å². The Morgan fingerprint density at radius 2 is 1.52 bits per heavy atom. The Balaban J connectivity index is 2.16. The Morgan fingerprint density at radius 3 is 2.07 bits per heavy atom. The van der Waals surface area contributed by atoms with Gasteiger partial charge >= 0.3 is 11.9 Å². The van der Waals surface area contributed by atoms with Crippen LogP contribution in [0, 0.1) is 0 Å². The van der Waals surface area contributed by atoms with Gasteiger partial charge in [-0.2, -0.15) is 0 Å². The first-order valence-electron chi connectivity index (χ1n) is 8.94. The topological polar surface area (TPSA) is 61.8 Å². The summed E-state index contributed by atoms with van der Waals surface area (Å²) in [5.74, 6) is -0.393. The van der Waals surface area contributed by atoms with Crippen LogP contribution in [0.2, 0.25) is 0 Å². The SMILES string of the molecule is CCCOC(=O)c1ccc(OC(=O)c2ccc(C(C)(C)C)cc2)c(OC)c1. The average Bonchev–Trinajstić information content (AvgIpc) is 2.65. The van der Waals surface area contributed by atoms with Crippen LogP contribution in [0.4, 0.5) is 0 Å². The highest BCUT2D eigenvalue weighted by molar-refractivity contribution is 5.92. The zero-order valence-electron chi connectivity index (χ0n) is 16.5. The lowest BCUT2D eigenvalue weighted by atomic mass is 9.87. The van der Waals surface area contributed by atoms with Crippen molar-refractivity contribution in [3.05, 3.63) is 59.2 Å². The summed E-state index contributed by atoms with van der Waals surface area (Å²) in [6, 6.07) is 11.9. The molecule has 2 rings (SSSR count). The quantitative estimate of drug-likeness (QED) is 0.541. The van der Waals surface area contributed by atoms with Gasteiger partial charge in [-0.05, 0) is 47.7 Å². The van der Waals surface area contributed by atoms with E-state index in [1.54, 1.807) is 18.2 Å². The summed E-state index contributed by atoms with van der Waals surface area (Å²) >= 11 is 0. The molecule has 0 saturated heterocycles. The molecule has 0 aliphatic heterocycles. The highest BCUT2D eigenvalue weighted by Gasteiger charge is 2.17. The number of rotatable bonds is 6. The number of methoxy groups -OCH3 is 1. The maximum Gasteiger partial charge on any atom is 0.343 e. The largest absolute Gasteiger partial charge is 0.493 e. The van der Waals surface area contributed by atoms with Crippen molar-refractivity contribution in [3.8, 4) is 11.5 Å². The van der Waals surface area contributed by atoms with Crippen molar-refractivity contribution in [1.82, 2.24) is 0 Å². The van der Waals surface area contributed by atoms with Crippen molar-refractivity contribution in [1.29, 1.82) is 0 Å². The Bertz CT molecular complexity index is 800. The molecule has 0 spiro atoms. The third-order valence-corrected chi connectivity index (χ3v) is 4.03. The molecule has 0 aromatic heterocycles. The molecule has 5 nitrogen and oxygen atoms in total. The van der Waals surface area contributed by atoms with Crippen LogP contribution in [0.15, 0.2) is 42.5 Å². The van der Waals surface area contributed by atoms with Gasteiger partial charge in [-0.3, -0.25) is 0 Å². The van der Waals surface area contributed by atoms with Crippen molar-refractivity contribution >= 4 is 11.9 Å². The highest BCUT2D eigenvalue weighted by Crippen LogP contribution is 2.29. The highest BCUT2D eigenvalue weighted by atomic mass is 16.6. The van der Waals surface area contributed by atoms with Gasteiger partial charge in [0, 0.05) is 0 Å². The van der Waals surface area contributed by atoms with E-state index in [0.29, 0.717) is 23.5 Å². The molecule has 0 atom stereocenters. The normalized spacial score (nSPS) is 11.0. The van der Waals surface area contributed by atoms with Crippen LogP contribution in [0.25, 0.3) is 0 Å². The molecule has 2 aromatic carbocycles. The maximum atomic E-state index is 12.4. The van der Waals surface area contributed by atoms with E-state index in [9.17, 15) is 9.59 Å². The monoisotopic (exact) mass is 370 g/mol. The van der Waals surface area contributed by atoms with Crippen molar-refractivity contribution in [2.24, 2.45) is 0 Å². The van der Waals surface area contributed by atoms with Gasteiger partial charge in [0.05, 0.1) is 24.8 Å². The first kappa shape index (κ1) is 20.5. The third-order valence-electron chi connectivity index (χ3n) is 4.03. The number of hydrogen-bond donors (Lipinski definition) is 0. The summed E-state index contributed by atoms with van der Waals surface area (Å²) in [5, 5.41) is 0. The second-order valence-electron chi connectivity index (χ2n) is 7.22. The summed E-state index contributed by atoms with van der Waals surface area (Å²) in [6.07, 6.45) is 0.743. The fourth-order valence-corrected chi connectivity index (χ4v) is 2.42. The third kappa shape index (κ3) is 5.33. The number of esters is 2. The van der Waals surface area contributed by atoms with E-state index in [2.05, 4.69) is 20.8 Å². The zero-order chi connectivity index (χ0) is 20.0. The Kier molecular flexibility index (Phi) is 6.61. The molecule has 144 valence electrons. The molecule has 2 aromatic rings. The molecule has 0 aliphatic rings. The minimum absolute atomic E-state index is 0.00781. The van der Waals surface area contributed by atoms with E-state index in [4.69, 9.17) is 14.2 Å². The maximum absolute atomic E-state index is 12.4. The fourth-order valence-electron chi connectivity index (χ4n) is 2.42. The van der Waals surface area contributed by atoms with E-state index in [1.165, 1.54) is 19.2 Å². The molecule has 0 N–H and O–H groups in total. The van der Waals surface area contributed by atoms with Crippen molar-refractivity contribution < 1.29 is 23.8 Å². The number of carbonyl (C=O) groups excluding carboxylic acids is 2. The fraction of sp³-hybridized carbons (Fsp3) is 0.364. The first-order chi connectivity index (χ1) is 12.8. The molecule has 0 unspecified atom stereocenters. The number of carbonyl (C=O) groups is 2. The van der Waals surface area contributed by atoms with Gasteiger partial charge in [-0.25, -0.2) is 9.59 Å². The van der Waals surface area contributed by atoms with Gasteiger partial charge in [0.25, 0.3) is 0 Å². The van der Waals surface area contributed by atoms with Crippen LogP contribution < -0.4 is 9.47 Å². The van der Waals surface area contributed by atoms with Crippen molar-refractivity contribution in [2.75, 3.05) is 13.7 Å². The number of benzene rings is 2. The van der Waals surface area contributed by atoms with E-state index >= 15 is 0 Å². The second-order valence-corrected chi connectivity index (χ2v) is 7.22. The molecule has 0 fully saturated rings. The van der Waals surface area contributed by atoms with Gasteiger partial charge in [0.15, 0.2) is 11.5 Å². The molecule has 0 saturated carbocycles. The minimum atomic E-state index is -0.491. The summed E-state index contributed by atoms with van der Waals surface area (Å²) < 4.78 is 15.8. The lowest BCUT2D eigenvalue weighted by molar-refractivity contribution is 0.0504. The van der Waals surface area contributed by atoms with E-state index in [0.717, 1.165) is 12.0 Å². The molecule has 5 heteroatoms. The van der Waals surface area contributed by atoms with Crippen LogP contribution in [-0.4, -0.2) is 25.7 Å². The molecule has 0 bridgehead atoms. The number of ether oxygens (including phenoxy) is 3. The van der Waals surface area contributed by atoms with Gasteiger partial charge in [0.1, 0.15) is 0 Å². The number of hydrogen-bond acceptors (Lipinski definition) is 5. The van der Waals surface area contributed by atoms with Gasteiger partial charge in [-0.1, -0.05) is 39.8 Å². The molecule has 27 heavy (non-hydrogen) atoms. The Labute approximate surface area is 160 Å². The van der Waals surface area contributed by atoms with Gasteiger partial charge < -0.3 is 14.2 Å². The standard InChI is InChI=1S/C22H26O5/c1-6-13-26-20(23)16-9-12-18(19(14-16)25-5)27-21(24)15-7-10-17(11-8-15)22(2,3)4/h7-12,14H,6,13H2,1-5H3. The van der Waals surface area contributed by atoms with Crippen molar-refractivity contribution in [2.45, 2.75) is 39.5 Å². The molecule has 0 radical (unpaired) electrons. The molecule has 0 amide bonds. The second kappa shape index (κ2) is 8.71. The van der Waals surface area contributed by atoms with Gasteiger partial charge in [-0.15, -0.1) is 0 Å². The smallest absolute Gasteiger partial charge is 0.343 e. The van der Waals surface area contributed by atoms with E-state index in [1.807, 2.05) is 19.1 Å². The first-order valence-corrected chi connectivity index (χ1v) is 8.94. The van der Waals surface area contributed by atoms with Crippen LogP contribution in [-0.2, 0) is 10.2 Å². The van der Waals surface area contributed by atoms with Gasteiger partial charge in [0.2, 0.25) is 0 Å². The Hall–Kier alpha value is -2.82. The molecule has 0 aliphatic carbocycles. The summed E-state index contributed by atoms with van der Waals surface area (Å²) in [5.41, 5.74) is 1.92. The minimum Gasteiger partial charge on any atom is -0.493 e. The predicted octanol–water partition coefficient (Wildman–Crippen LogP) is 4.78. The van der Waals surface area contributed by atoms with Crippen LogP contribution >= 0.6 is 0 Å². The summed E-state index contributed by atoms with van der Waals surface area (Å²) in [7, 11) is 1.45. The van der Waals surface area contributed by atoms with Crippen molar-refractivity contribution in [3.63, 3.8) is 0 Å². The Morgan fingerprint density at radius 1 is 0.889 bits per heavy atom. The zero-order valence-corrected chi connectivity index (χ0v) is 16.5. The lowest BCUT2D eigenvalue weighted by Crippen LogP contribution is -2.13. The van der Waals surface area contributed by atoms with Crippen LogP contribution in [0.3, 0.4) is 0 Å². The van der Waals surface area contributed by atoms with Crippen LogP contribution in [0.1, 0.15) is 60.4 Å². The lowest BCUT2D eigenvalue weighted by Gasteiger charge is -2.19. The summed E-state index contributed by atoms with van der Waals surface area (Å²) in [4.78, 5) is 24.4. The average molecular weight is 370 g/mol. The predicted molar refractivity (Wildman–Crippen MR) is 104 cm³/mol. The molecule has 0 heterocycles. The molecular weight excluding hydrogens is 344 g/mol. The summed E-state index contributed by atoms with van der Waals surface area (Å²) in [6.45, 7) is 8.60.